The molecule has 1 heterocycles. The molecule has 0 aromatic heterocycles. The van der Waals surface area contributed by atoms with Crippen LogP contribution in [-0.2, 0) is 4.79 Å². The van der Waals surface area contributed by atoms with Crippen molar-refractivity contribution in [3.05, 3.63) is 94.1 Å². The normalized spacial score (nSPS) is 19.9. The van der Waals surface area contributed by atoms with Gasteiger partial charge in [-0.2, -0.15) is 0 Å². The van der Waals surface area contributed by atoms with Crippen LogP contribution >= 0.6 is 23.2 Å². The van der Waals surface area contributed by atoms with Crippen molar-refractivity contribution in [3.63, 3.8) is 0 Å². The molecule has 3 aromatic carbocycles. The fourth-order valence-corrected chi connectivity index (χ4v) is 5.60. The lowest BCUT2D eigenvalue weighted by Gasteiger charge is -2.39. The number of Topliss-reactive ketones (excluding diaryl/α,β-unsaturated/α-hetero) is 1. The number of halogens is 2. The average Bonchev–Trinajstić information content (AvgIpc) is 3.00. The number of allylic oxidation sites excluding steroid dienone is 1. The molecule has 0 unspecified atom stereocenters. The summed E-state index contributed by atoms with van der Waals surface area (Å²) in [5.41, 5.74) is 4.33. The third-order valence-electron chi connectivity index (χ3n) is 7.04. The second-order valence-electron chi connectivity index (χ2n) is 10.7. The maximum Gasteiger partial charge on any atom is 0.327 e. The molecule has 3 aromatic rings. The number of anilines is 4. The first-order valence-electron chi connectivity index (χ1n) is 12.5. The fourth-order valence-electron chi connectivity index (χ4n) is 5.30. The van der Waals surface area contributed by atoms with Crippen LogP contribution in [0.1, 0.15) is 31.9 Å². The van der Waals surface area contributed by atoms with Crippen molar-refractivity contribution in [3.8, 4) is 0 Å². The van der Waals surface area contributed by atoms with E-state index in [-0.39, 0.29) is 17.2 Å². The molecule has 196 valence electrons. The van der Waals surface area contributed by atoms with E-state index in [1.807, 2.05) is 67.5 Å². The van der Waals surface area contributed by atoms with Crippen LogP contribution in [0, 0.1) is 11.3 Å². The van der Waals surface area contributed by atoms with Gasteiger partial charge in [0.15, 0.2) is 0 Å². The van der Waals surface area contributed by atoms with Gasteiger partial charge in [-0.3, -0.25) is 9.69 Å². The molecule has 1 aliphatic heterocycles. The van der Waals surface area contributed by atoms with Crippen molar-refractivity contribution in [1.29, 1.82) is 0 Å². The predicted octanol–water partition coefficient (Wildman–Crippen LogP) is 7.76. The number of urea groups is 1. The van der Waals surface area contributed by atoms with Crippen LogP contribution in [0.3, 0.4) is 0 Å². The number of para-hydroxylation sites is 2. The monoisotopic (exact) mass is 548 g/mol. The summed E-state index contributed by atoms with van der Waals surface area (Å²) in [7, 11) is 3.96. The maximum atomic E-state index is 14.1. The largest absolute Gasteiger partial charge is 0.378 e. The smallest absolute Gasteiger partial charge is 0.327 e. The zero-order chi connectivity index (χ0) is 27.2. The van der Waals surface area contributed by atoms with E-state index >= 15 is 0 Å². The molecule has 5 rings (SSSR count). The average molecular weight is 550 g/mol. The Morgan fingerprint density at radius 2 is 1.74 bits per heavy atom. The zero-order valence-corrected chi connectivity index (χ0v) is 23.3. The van der Waals surface area contributed by atoms with Crippen LogP contribution < -0.4 is 20.4 Å². The molecule has 2 atom stereocenters. The molecule has 2 N–H and O–H groups in total. The third kappa shape index (κ3) is 4.98. The molecule has 2 amide bonds. The van der Waals surface area contributed by atoms with Crippen molar-refractivity contribution in [2.24, 2.45) is 11.3 Å². The van der Waals surface area contributed by atoms with Crippen molar-refractivity contribution in [2.45, 2.75) is 26.3 Å². The van der Waals surface area contributed by atoms with Crippen LogP contribution in [-0.4, -0.2) is 25.9 Å². The Bertz CT molecular complexity index is 1430. The Labute approximate surface area is 233 Å². The number of benzene rings is 3. The second kappa shape index (κ2) is 10.0. The van der Waals surface area contributed by atoms with Gasteiger partial charge in [0.1, 0.15) is 5.78 Å². The van der Waals surface area contributed by atoms with Gasteiger partial charge in [-0.1, -0.05) is 67.4 Å². The fraction of sp³-hybridized carbons (Fsp3) is 0.267. The highest BCUT2D eigenvalue weighted by Crippen LogP contribution is 2.48. The minimum atomic E-state index is -0.583. The van der Waals surface area contributed by atoms with Gasteiger partial charge in [0.2, 0.25) is 0 Å². The summed E-state index contributed by atoms with van der Waals surface area (Å²) in [5, 5.41) is 7.24. The van der Waals surface area contributed by atoms with E-state index in [0.717, 1.165) is 22.6 Å². The lowest BCUT2D eigenvalue weighted by molar-refractivity contribution is -0.124. The molecule has 0 saturated heterocycles. The first kappa shape index (κ1) is 26.1. The highest BCUT2D eigenvalue weighted by Gasteiger charge is 2.46. The summed E-state index contributed by atoms with van der Waals surface area (Å²) < 4.78 is 0. The van der Waals surface area contributed by atoms with E-state index in [0.29, 0.717) is 27.8 Å². The summed E-state index contributed by atoms with van der Waals surface area (Å²) in [6.45, 7) is 4.12. The molecular weight excluding hydrogens is 519 g/mol. The van der Waals surface area contributed by atoms with E-state index in [9.17, 15) is 9.59 Å². The molecule has 2 aliphatic rings. The number of hydrogen-bond donors (Lipinski definition) is 2. The molecule has 0 spiro atoms. The Hall–Kier alpha value is -3.48. The lowest BCUT2D eigenvalue weighted by Crippen LogP contribution is -2.45. The first-order valence-corrected chi connectivity index (χ1v) is 13.2. The first-order chi connectivity index (χ1) is 18.0. The summed E-state index contributed by atoms with van der Waals surface area (Å²) >= 11 is 12.3. The number of hydrogen-bond acceptors (Lipinski definition) is 4. The second-order valence-corrected chi connectivity index (χ2v) is 11.5. The summed E-state index contributed by atoms with van der Waals surface area (Å²) in [6, 6.07) is 19.6. The third-order valence-corrected chi connectivity index (χ3v) is 7.77. The van der Waals surface area contributed by atoms with E-state index in [2.05, 4.69) is 30.6 Å². The molecule has 0 radical (unpaired) electrons. The Balaban J connectivity index is 1.69. The number of nitrogens with one attached hydrogen (secondary N) is 2. The Morgan fingerprint density at radius 1 is 1.03 bits per heavy atom. The zero-order valence-electron chi connectivity index (χ0n) is 21.8. The van der Waals surface area contributed by atoms with Crippen molar-refractivity contribution in [2.75, 3.05) is 34.5 Å². The van der Waals surface area contributed by atoms with Crippen molar-refractivity contribution < 1.29 is 9.59 Å². The maximum absolute atomic E-state index is 14.1. The molecule has 0 bridgehead atoms. The molecule has 0 saturated carbocycles. The van der Waals surface area contributed by atoms with Gasteiger partial charge in [0, 0.05) is 37.6 Å². The van der Waals surface area contributed by atoms with Crippen LogP contribution in [0.15, 0.2) is 78.5 Å². The number of rotatable bonds is 3. The Morgan fingerprint density at radius 3 is 2.42 bits per heavy atom. The Kier molecular flexibility index (Phi) is 6.88. The van der Waals surface area contributed by atoms with E-state index in [4.69, 9.17) is 23.2 Å². The van der Waals surface area contributed by atoms with E-state index in [1.54, 1.807) is 23.1 Å². The molecule has 8 heteroatoms. The molecule has 38 heavy (non-hydrogen) atoms. The number of carbonyl (C=O) groups excluding carboxylic acids is 2. The van der Waals surface area contributed by atoms with Gasteiger partial charge in [-0.25, -0.2) is 4.79 Å². The van der Waals surface area contributed by atoms with Gasteiger partial charge in [0.05, 0.1) is 33.4 Å². The number of ketones is 1. The number of fused-ring (bicyclic) bond motifs is 2. The number of nitrogens with zero attached hydrogens (tertiary/aromatic N) is 2. The SMILES string of the molecule is CN(C)c1ccc([C@@H]2[C@H]3C(=O)CC(C)(C)C=C3Nc3ccccc3N2C(=O)Nc2ccc(Cl)c(Cl)c2)cc1. The summed E-state index contributed by atoms with van der Waals surface area (Å²) in [6.07, 6.45) is 2.52. The van der Waals surface area contributed by atoms with E-state index in [1.165, 1.54) is 0 Å². The summed E-state index contributed by atoms with van der Waals surface area (Å²) in [4.78, 5) is 31.7. The van der Waals surface area contributed by atoms with E-state index < -0.39 is 12.0 Å². The molecule has 0 fully saturated rings. The highest BCUT2D eigenvalue weighted by molar-refractivity contribution is 6.42. The van der Waals surface area contributed by atoms with Crippen LogP contribution in [0.5, 0.6) is 0 Å². The molecular formula is C30H30Cl2N4O2. The molecule has 1 aliphatic carbocycles. The van der Waals surface area contributed by atoms with Gasteiger partial charge >= 0.3 is 6.03 Å². The van der Waals surface area contributed by atoms with Crippen molar-refractivity contribution >= 4 is 57.8 Å². The highest BCUT2D eigenvalue weighted by atomic mass is 35.5. The predicted molar refractivity (Wildman–Crippen MR) is 157 cm³/mol. The van der Waals surface area contributed by atoms with Crippen molar-refractivity contribution in [1.82, 2.24) is 0 Å². The lowest BCUT2D eigenvalue weighted by atomic mass is 9.72. The number of amides is 2. The van der Waals surface area contributed by atoms with Gasteiger partial charge < -0.3 is 15.5 Å². The standard InChI is InChI=1S/C30H30Cl2N4O2/c1-30(2)16-24-27(26(37)17-30)28(18-9-12-20(13-10-18)35(3)4)36(25-8-6-5-7-23(25)34-24)29(38)33-19-11-14-21(31)22(32)15-19/h5-16,27-28,34H,17H2,1-4H3,(H,33,38)/t27-,28-/m1/s1. The quantitative estimate of drug-likeness (QED) is 0.351. The van der Waals surface area contributed by atoms with Crippen LogP contribution in [0.25, 0.3) is 0 Å². The minimum absolute atomic E-state index is 0.0850. The number of carbonyl (C=O) groups is 2. The topological polar surface area (TPSA) is 64.7 Å². The summed E-state index contributed by atoms with van der Waals surface area (Å²) in [5.74, 6) is -0.484. The van der Waals surface area contributed by atoms with Gasteiger partial charge in [-0.05, 0) is 53.4 Å². The molecule has 6 nitrogen and oxygen atoms in total. The van der Waals surface area contributed by atoms with Gasteiger partial charge in [-0.15, -0.1) is 0 Å². The van der Waals surface area contributed by atoms with Crippen LogP contribution in [0.4, 0.5) is 27.5 Å². The minimum Gasteiger partial charge on any atom is -0.378 e. The van der Waals surface area contributed by atoms with Gasteiger partial charge in [0.25, 0.3) is 0 Å². The van der Waals surface area contributed by atoms with Crippen LogP contribution in [0.2, 0.25) is 10.0 Å².